The van der Waals surface area contributed by atoms with Crippen LogP contribution in [0.4, 0.5) is 0 Å². The Morgan fingerprint density at radius 1 is 1.28 bits per heavy atom. The van der Waals surface area contributed by atoms with Gasteiger partial charge in [-0.3, -0.25) is 4.98 Å². The molecule has 92 valence electrons. The van der Waals surface area contributed by atoms with Crippen LogP contribution in [0.5, 0.6) is 5.75 Å². The standard InChI is InChI=1S/C15H14ClNO/c1-2-10-18-14-8-9-17-11-13(14)15(16)12-6-4-3-5-7-12/h2-9,11,15H,1,10H2. The number of aromatic nitrogens is 1. The molecule has 3 heteroatoms. The topological polar surface area (TPSA) is 22.1 Å². The molecule has 0 saturated carbocycles. The second-order valence-electron chi connectivity index (χ2n) is 3.79. The smallest absolute Gasteiger partial charge is 0.127 e. The van der Waals surface area contributed by atoms with Gasteiger partial charge in [-0.25, -0.2) is 0 Å². The lowest BCUT2D eigenvalue weighted by Crippen LogP contribution is -2.01. The second kappa shape index (κ2) is 6.22. The van der Waals surface area contributed by atoms with Crippen LogP contribution in [0.1, 0.15) is 16.5 Å². The lowest BCUT2D eigenvalue weighted by Gasteiger charge is -2.14. The number of hydrogen-bond acceptors (Lipinski definition) is 2. The number of ether oxygens (including phenoxy) is 1. The largest absolute Gasteiger partial charge is 0.489 e. The Bertz CT molecular complexity index is 513. The number of halogens is 1. The van der Waals surface area contributed by atoms with Gasteiger partial charge in [-0.05, 0) is 11.6 Å². The molecule has 0 aliphatic carbocycles. The van der Waals surface area contributed by atoms with E-state index in [-0.39, 0.29) is 5.38 Å². The monoisotopic (exact) mass is 259 g/mol. The summed E-state index contributed by atoms with van der Waals surface area (Å²) in [5.74, 6) is 0.744. The molecule has 2 aromatic rings. The van der Waals surface area contributed by atoms with Gasteiger partial charge in [-0.2, -0.15) is 0 Å². The van der Waals surface area contributed by atoms with Crippen LogP contribution in [-0.4, -0.2) is 11.6 Å². The maximum Gasteiger partial charge on any atom is 0.127 e. The summed E-state index contributed by atoms with van der Waals surface area (Å²) in [5, 5.41) is -0.264. The minimum atomic E-state index is -0.264. The number of rotatable bonds is 5. The molecule has 0 saturated heterocycles. The van der Waals surface area contributed by atoms with E-state index in [0.29, 0.717) is 6.61 Å². The summed E-state index contributed by atoms with van der Waals surface area (Å²) in [6, 6.07) is 11.7. The van der Waals surface area contributed by atoms with Crippen LogP contribution in [0.15, 0.2) is 61.4 Å². The van der Waals surface area contributed by atoms with Crippen molar-refractivity contribution in [3.63, 3.8) is 0 Å². The third-order valence-electron chi connectivity index (χ3n) is 2.53. The van der Waals surface area contributed by atoms with Crippen molar-refractivity contribution in [3.05, 3.63) is 72.6 Å². The summed E-state index contributed by atoms with van der Waals surface area (Å²) in [6.45, 7) is 4.09. The van der Waals surface area contributed by atoms with E-state index in [1.807, 2.05) is 36.4 Å². The van der Waals surface area contributed by atoms with Gasteiger partial charge in [-0.1, -0.05) is 43.0 Å². The van der Waals surface area contributed by atoms with Crippen LogP contribution in [0, 0.1) is 0 Å². The SMILES string of the molecule is C=CCOc1ccncc1C(Cl)c1ccccc1. The molecular weight excluding hydrogens is 246 g/mol. The zero-order valence-electron chi connectivity index (χ0n) is 9.92. The third kappa shape index (κ3) is 2.90. The molecule has 2 nitrogen and oxygen atoms in total. The molecule has 0 amide bonds. The van der Waals surface area contributed by atoms with Crippen LogP contribution < -0.4 is 4.74 Å². The maximum atomic E-state index is 6.47. The van der Waals surface area contributed by atoms with Gasteiger partial charge in [0.2, 0.25) is 0 Å². The molecule has 2 rings (SSSR count). The first-order valence-electron chi connectivity index (χ1n) is 5.69. The second-order valence-corrected chi connectivity index (χ2v) is 4.22. The highest BCUT2D eigenvalue weighted by Crippen LogP contribution is 2.34. The molecule has 0 radical (unpaired) electrons. The molecule has 1 aromatic heterocycles. The lowest BCUT2D eigenvalue weighted by molar-refractivity contribution is 0.359. The summed E-state index contributed by atoms with van der Waals surface area (Å²) >= 11 is 6.47. The number of nitrogens with zero attached hydrogens (tertiary/aromatic N) is 1. The van der Waals surface area contributed by atoms with Crippen molar-refractivity contribution in [2.75, 3.05) is 6.61 Å². The number of hydrogen-bond donors (Lipinski definition) is 0. The van der Waals surface area contributed by atoms with Crippen molar-refractivity contribution in [2.45, 2.75) is 5.38 Å². The molecule has 0 aliphatic rings. The van der Waals surface area contributed by atoms with Gasteiger partial charge >= 0.3 is 0 Å². The van der Waals surface area contributed by atoms with Crippen LogP contribution >= 0.6 is 11.6 Å². The first kappa shape index (κ1) is 12.7. The van der Waals surface area contributed by atoms with Crippen molar-refractivity contribution < 1.29 is 4.74 Å². The summed E-state index contributed by atoms with van der Waals surface area (Å²) in [7, 11) is 0. The van der Waals surface area contributed by atoms with Gasteiger partial charge in [0.05, 0.1) is 5.38 Å². The first-order chi connectivity index (χ1) is 8.83. The quantitative estimate of drug-likeness (QED) is 0.599. The number of benzene rings is 1. The average molecular weight is 260 g/mol. The minimum absolute atomic E-state index is 0.264. The van der Waals surface area contributed by atoms with Gasteiger partial charge in [0.25, 0.3) is 0 Å². The fraction of sp³-hybridized carbons (Fsp3) is 0.133. The van der Waals surface area contributed by atoms with Crippen molar-refractivity contribution >= 4 is 11.6 Å². The van der Waals surface area contributed by atoms with Crippen LogP contribution in [0.3, 0.4) is 0 Å². The zero-order chi connectivity index (χ0) is 12.8. The van der Waals surface area contributed by atoms with Crippen LogP contribution in [0.25, 0.3) is 0 Å². The van der Waals surface area contributed by atoms with Crippen molar-refractivity contribution in [2.24, 2.45) is 0 Å². The van der Waals surface area contributed by atoms with E-state index in [9.17, 15) is 0 Å². The summed E-state index contributed by atoms with van der Waals surface area (Å²) in [4.78, 5) is 4.11. The van der Waals surface area contributed by atoms with Gasteiger partial charge < -0.3 is 4.74 Å². The molecule has 0 bridgehead atoms. The van der Waals surface area contributed by atoms with Crippen molar-refractivity contribution in [1.29, 1.82) is 0 Å². The van der Waals surface area contributed by atoms with Gasteiger partial charge in [0, 0.05) is 18.0 Å². The molecule has 0 fully saturated rings. The fourth-order valence-electron chi connectivity index (χ4n) is 1.67. The summed E-state index contributed by atoms with van der Waals surface area (Å²) < 4.78 is 5.59. The van der Waals surface area contributed by atoms with E-state index < -0.39 is 0 Å². The molecule has 0 N–H and O–H groups in total. The Morgan fingerprint density at radius 2 is 2.06 bits per heavy atom. The third-order valence-corrected chi connectivity index (χ3v) is 3.02. The van der Waals surface area contributed by atoms with Gasteiger partial charge in [-0.15, -0.1) is 11.6 Å². The van der Waals surface area contributed by atoms with Crippen LogP contribution in [0.2, 0.25) is 0 Å². The Kier molecular flexibility index (Phi) is 4.37. The van der Waals surface area contributed by atoms with E-state index in [1.54, 1.807) is 18.5 Å². The normalized spacial score (nSPS) is 11.8. The number of pyridine rings is 1. The molecular formula is C15H14ClNO. The predicted octanol–water partition coefficient (Wildman–Crippen LogP) is 3.97. The molecule has 1 unspecified atom stereocenters. The Morgan fingerprint density at radius 3 is 2.78 bits per heavy atom. The zero-order valence-corrected chi connectivity index (χ0v) is 10.7. The lowest BCUT2D eigenvalue weighted by atomic mass is 10.1. The first-order valence-corrected chi connectivity index (χ1v) is 6.13. The fourth-order valence-corrected chi connectivity index (χ4v) is 1.98. The van der Waals surface area contributed by atoms with E-state index in [2.05, 4.69) is 11.6 Å². The van der Waals surface area contributed by atoms with Gasteiger partial charge in [0.15, 0.2) is 0 Å². The Hall–Kier alpha value is -1.80. The highest BCUT2D eigenvalue weighted by molar-refractivity contribution is 6.22. The van der Waals surface area contributed by atoms with E-state index in [0.717, 1.165) is 16.9 Å². The Labute approximate surface area is 112 Å². The van der Waals surface area contributed by atoms with E-state index in [1.165, 1.54) is 0 Å². The summed E-state index contributed by atoms with van der Waals surface area (Å²) in [5.41, 5.74) is 1.89. The average Bonchev–Trinajstić information content (AvgIpc) is 2.45. The summed E-state index contributed by atoms with van der Waals surface area (Å²) in [6.07, 6.45) is 5.13. The predicted molar refractivity (Wildman–Crippen MR) is 74.1 cm³/mol. The van der Waals surface area contributed by atoms with Crippen LogP contribution in [-0.2, 0) is 0 Å². The van der Waals surface area contributed by atoms with E-state index >= 15 is 0 Å². The van der Waals surface area contributed by atoms with Crippen molar-refractivity contribution in [1.82, 2.24) is 4.98 Å². The molecule has 1 atom stereocenters. The van der Waals surface area contributed by atoms with Crippen molar-refractivity contribution in [3.8, 4) is 5.75 Å². The highest BCUT2D eigenvalue weighted by atomic mass is 35.5. The highest BCUT2D eigenvalue weighted by Gasteiger charge is 2.15. The molecule has 18 heavy (non-hydrogen) atoms. The molecule has 1 aromatic carbocycles. The molecule has 1 heterocycles. The Balaban J connectivity index is 2.29. The molecule has 0 spiro atoms. The van der Waals surface area contributed by atoms with Gasteiger partial charge in [0.1, 0.15) is 12.4 Å². The van der Waals surface area contributed by atoms with E-state index in [4.69, 9.17) is 16.3 Å². The maximum absolute atomic E-state index is 6.47. The number of alkyl halides is 1. The molecule has 0 aliphatic heterocycles. The minimum Gasteiger partial charge on any atom is -0.489 e.